The summed E-state index contributed by atoms with van der Waals surface area (Å²) >= 11 is 0. The molecule has 230 valence electrons. The van der Waals surface area contributed by atoms with Crippen molar-refractivity contribution in [3.05, 3.63) is 94.3 Å². The van der Waals surface area contributed by atoms with Crippen LogP contribution in [0.2, 0.25) is 0 Å². The van der Waals surface area contributed by atoms with Gasteiger partial charge in [0.1, 0.15) is 17.5 Å². The number of aliphatic hydroxyl groups is 1. The van der Waals surface area contributed by atoms with Crippen molar-refractivity contribution >= 4 is 12.0 Å². The molecule has 2 amide bonds. The average molecular weight is 598 g/mol. The van der Waals surface area contributed by atoms with Crippen LogP contribution < -0.4 is 10.6 Å². The van der Waals surface area contributed by atoms with Crippen LogP contribution in [-0.2, 0) is 16.9 Å². The SMILES string of the molecule is CNCc1ccc(C(=O)N2CCC[C@@H](C(O)(CCCNC(=O)OC)c3cc(F)cc(F)c3-c3cc(C)ccc3F)C2)cc1. The van der Waals surface area contributed by atoms with Crippen molar-refractivity contribution in [2.45, 2.75) is 44.8 Å². The highest BCUT2D eigenvalue weighted by atomic mass is 19.1. The number of likely N-dealkylation sites (tertiary alicyclic amines) is 1. The highest BCUT2D eigenvalue weighted by Gasteiger charge is 2.44. The van der Waals surface area contributed by atoms with Gasteiger partial charge in [-0.2, -0.15) is 0 Å². The van der Waals surface area contributed by atoms with E-state index in [1.54, 1.807) is 30.0 Å². The second kappa shape index (κ2) is 14.1. The fourth-order valence-corrected chi connectivity index (χ4v) is 5.90. The molecule has 1 aliphatic heterocycles. The van der Waals surface area contributed by atoms with E-state index in [0.717, 1.165) is 11.6 Å². The van der Waals surface area contributed by atoms with E-state index >= 15 is 8.78 Å². The number of nitrogens with zero attached hydrogens (tertiary/aromatic N) is 1. The molecule has 1 aliphatic rings. The Bertz CT molecular complexity index is 1450. The lowest BCUT2D eigenvalue weighted by Gasteiger charge is -2.43. The predicted molar refractivity (Wildman–Crippen MR) is 158 cm³/mol. The molecule has 0 aromatic heterocycles. The Hall–Kier alpha value is -3.89. The summed E-state index contributed by atoms with van der Waals surface area (Å²) in [6.07, 6.45) is 0.545. The molecule has 1 fully saturated rings. The monoisotopic (exact) mass is 597 g/mol. The van der Waals surface area contributed by atoms with E-state index in [9.17, 15) is 19.1 Å². The summed E-state index contributed by atoms with van der Waals surface area (Å²) < 4.78 is 50.2. The van der Waals surface area contributed by atoms with Gasteiger partial charge in [-0.1, -0.05) is 23.8 Å². The summed E-state index contributed by atoms with van der Waals surface area (Å²) in [5.41, 5.74) is -0.115. The molecular weight excluding hydrogens is 559 g/mol. The van der Waals surface area contributed by atoms with Crippen LogP contribution in [0, 0.1) is 30.3 Å². The van der Waals surface area contributed by atoms with E-state index in [4.69, 9.17) is 0 Å². The Balaban J connectivity index is 1.74. The van der Waals surface area contributed by atoms with Crippen LogP contribution in [0.3, 0.4) is 0 Å². The van der Waals surface area contributed by atoms with Crippen LogP contribution in [0.25, 0.3) is 11.1 Å². The Morgan fingerprint density at radius 3 is 2.51 bits per heavy atom. The second-order valence-electron chi connectivity index (χ2n) is 11.1. The topological polar surface area (TPSA) is 90.9 Å². The first-order valence-electron chi connectivity index (χ1n) is 14.4. The molecule has 0 saturated carbocycles. The van der Waals surface area contributed by atoms with Crippen LogP contribution in [0.15, 0.2) is 54.6 Å². The normalized spacial score (nSPS) is 16.4. The number of rotatable bonds is 10. The zero-order valence-corrected chi connectivity index (χ0v) is 24.7. The zero-order valence-electron chi connectivity index (χ0n) is 24.7. The third kappa shape index (κ3) is 7.37. The Kier molecular flexibility index (Phi) is 10.5. The van der Waals surface area contributed by atoms with Gasteiger partial charge in [-0.15, -0.1) is 0 Å². The fraction of sp³-hybridized carbons (Fsp3) is 0.394. The maximum Gasteiger partial charge on any atom is 0.406 e. The lowest BCUT2D eigenvalue weighted by atomic mass is 9.72. The molecule has 4 rings (SSSR count). The maximum absolute atomic E-state index is 15.6. The largest absolute Gasteiger partial charge is 0.453 e. The van der Waals surface area contributed by atoms with E-state index in [-0.39, 0.29) is 48.5 Å². The smallest absolute Gasteiger partial charge is 0.406 e. The van der Waals surface area contributed by atoms with Gasteiger partial charge in [0.25, 0.3) is 5.91 Å². The van der Waals surface area contributed by atoms with Gasteiger partial charge in [-0.25, -0.2) is 18.0 Å². The number of ether oxygens (including phenoxy) is 1. The number of carbonyl (C=O) groups excluding carboxylic acids is 2. The molecule has 3 aromatic carbocycles. The molecule has 3 aromatic rings. The van der Waals surface area contributed by atoms with E-state index in [2.05, 4.69) is 15.4 Å². The number of aryl methyl sites for hydroxylation is 1. The van der Waals surface area contributed by atoms with Gasteiger partial charge in [0, 0.05) is 54.9 Å². The molecule has 2 atom stereocenters. The maximum atomic E-state index is 15.6. The molecule has 1 unspecified atom stereocenters. The Morgan fingerprint density at radius 1 is 1.07 bits per heavy atom. The van der Waals surface area contributed by atoms with Crippen LogP contribution in [0.1, 0.15) is 52.7 Å². The van der Waals surface area contributed by atoms with Gasteiger partial charge in [0.05, 0.1) is 12.7 Å². The number of alkyl carbamates (subject to hydrolysis) is 1. The first-order valence-corrected chi connectivity index (χ1v) is 14.4. The van der Waals surface area contributed by atoms with E-state index in [1.165, 1.54) is 19.2 Å². The van der Waals surface area contributed by atoms with Crippen molar-refractivity contribution in [3.8, 4) is 11.1 Å². The molecule has 0 aliphatic carbocycles. The number of amides is 2. The minimum absolute atomic E-state index is 0.0221. The van der Waals surface area contributed by atoms with Crippen LogP contribution in [0.4, 0.5) is 18.0 Å². The number of benzene rings is 3. The predicted octanol–water partition coefficient (Wildman–Crippen LogP) is 5.67. The molecule has 43 heavy (non-hydrogen) atoms. The van der Waals surface area contributed by atoms with Gasteiger partial charge in [0.15, 0.2) is 0 Å². The molecule has 3 N–H and O–H groups in total. The molecule has 0 spiro atoms. The third-order valence-electron chi connectivity index (χ3n) is 8.07. The summed E-state index contributed by atoms with van der Waals surface area (Å²) in [4.78, 5) is 26.8. The summed E-state index contributed by atoms with van der Waals surface area (Å²) in [6.45, 7) is 3.07. The Morgan fingerprint density at radius 2 is 1.81 bits per heavy atom. The number of hydrogen-bond acceptors (Lipinski definition) is 5. The summed E-state index contributed by atoms with van der Waals surface area (Å²) in [6, 6.07) is 13.2. The average Bonchev–Trinajstić information content (AvgIpc) is 3.00. The first-order chi connectivity index (χ1) is 20.6. The number of nitrogens with one attached hydrogen (secondary N) is 2. The molecule has 10 heteroatoms. The highest BCUT2D eigenvalue weighted by Crippen LogP contribution is 2.45. The van der Waals surface area contributed by atoms with Crippen molar-refractivity contribution < 1.29 is 32.6 Å². The number of hydrogen-bond donors (Lipinski definition) is 3. The molecule has 1 saturated heterocycles. The van der Waals surface area contributed by atoms with Crippen molar-refractivity contribution in [2.75, 3.05) is 33.8 Å². The van der Waals surface area contributed by atoms with E-state index in [0.29, 0.717) is 43.1 Å². The molecular formula is C33H38F3N3O4. The van der Waals surface area contributed by atoms with E-state index in [1.807, 2.05) is 19.2 Å². The highest BCUT2D eigenvalue weighted by molar-refractivity contribution is 5.94. The summed E-state index contributed by atoms with van der Waals surface area (Å²) in [7, 11) is 3.06. The van der Waals surface area contributed by atoms with Crippen molar-refractivity contribution in [2.24, 2.45) is 5.92 Å². The van der Waals surface area contributed by atoms with Crippen molar-refractivity contribution in [1.29, 1.82) is 0 Å². The summed E-state index contributed by atoms with van der Waals surface area (Å²) in [5.74, 6) is -3.49. The molecule has 1 heterocycles. The van der Waals surface area contributed by atoms with Crippen LogP contribution >= 0.6 is 0 Å². The number of methoxy groups -OCH3 is 1. The minimum Gasteiger partial charge on any atom is -0.453 e. The van der Waals surface area contributed by atoms with Gasteiger partial charge in [0.2, 0.25) is 0 Å². The minimum atomic E-state index is -1.87. The van der Waals surface area contributed by atoms with Crippen LogP contribution in [0.5, 0.6) is 0 Å². The van der Waals surface area contributed by atoms with E-state index < -0.39 is 35.1 Å². The standard InChI is InChI=1S/C33H38F3N3O4/c1-21-7-12-28(35)26(16-21)30-27(17-25(34)18-29(30)36)33(42,13-5-14-38-32(41)43-3)24-6-4-15-39(20-24)31(40)23-10-8-22(9-11-23)19-37-2/h7-12,16-18,24,37,42H,4-6,13-15,19-20H2,1-3H3,(H,38,41)/t24-,33?/m1/s1. The number of carbonyl (C=O) groups is 2. The zero-order chi connectivity index (χ0) is 31.1. The lowest BCUT2D eigenvalue weighted by Crippen LogP contribution is -2.48. The molecule has 0 bridgehead atoms. The van der Waals surface area contributed by atoms with Gasteiger partial charge < -0.3 is 25.4 Å². The Labute approximate surface area is 250 Å². The molecule has 0 radical (unpaired) electrons. The quantitative estimate of drug-likeness (QED) is 0.262. The second-order valence-corrected chi connectivity index (χ2v) is 11.1. The first kappa shape index (κ1) is 32.0. The van der Waals surface area contributed by atoms with Crippen molar-refractivity contribution in [3.63, 3.8) is 0 Å². The van der Waals surface area contributed by atoms with Gasteiger partial charge in [-0.05, 0) is 81.1 Å². The fourth-order valence-electron chi connectivity index (χ4n) is 5.90. The number of piperidine rings is 1. The lowest BCUT2D eigenvalue weighted by molar-refractivity contribution is -0.0566. The summed E-state index contributed by atoms with van der Waals surface area (Å²) in [5, 5.41) is 18.1. The van der Waals surface area contributed by atoms with Crippen molar-refractivity contribution in [1.82, 2.24) is 15.5 Å². The van der Waals surface area contributed by atoms with Gasteiger partial charge >= 0.3 is 6.09 Å². The van der Waals surface area contributed by atoms with Crippen LogP contribution in [-0.4, -0.2) is 55.8 Å². The third-order valence-corrected chi connectivity index (χ3v) is 8.07. The van der Waals surface area contributed by atoms with Gasteiger partial charge in [-0.3, -0.25) is 4.79 Å². The number of halogens is 3. The molecule has 7 nitrogen and oxygen atoms in total.